The van der Waals surface area contributed by atoms with Gasteiger partial charge in [-0.3, -0.25) is 14.9 Å². The number of furan rings is 1. The fourth-order valence-electron chi connectivity index (χ4n) is 2.23. The third-order valence-corrected chi connectivity index (χ3v) is 4.28. The highest BCUT2D eigenvalue weighted by molar-refractivity contribution is 7.98. The Hall–Kier alpha value is -3.06. The lowest BCUT2D eigenvalue weighted by atomic mass is 10.1. The highest BCUT2D eigenvalue weighted by Gasteiger charge is 2.13. The van der Waals surface area contributed by atoms with E-state index in [1.807, 2.05) is 30.5 Å². The molecule has 0 aliphatic rings. The van der Waals surface area contributed by atoms with Gasteiger partial charge in [-0.15, -0.1) is 11.8 Å². The quantitative estimate of drug-likeness (QED) is 0.403. The van der Waals surface area contributed by atoms with E-state index >= 15 is 0 Å². The first kappa shape index (κ1) is 16.8. The zero-order valence-corrected chi connectivity index (χ0v) is 14.1. The molecule has 1 aromatic heterocycles. The standard InChI is InChI=1S/C18H14N2O4S/c1-25-15-8-4-13(5-9-15)19-18(21)17-11-10-16(24-17)12-2-6-14(7-3-12)20(22)23/h2-11H,1H3,(H,19,21). The van der Waals surface area contributed by atoms with Gasteiger partial charge in [-0.05, 0) is 54.8 Å². The second kappa shape index (κ2) is 7.23. The van der Waals surface area contributed by atoms with Crippen molar-refractivity contribution < 1.29 is 14.1 Å². The van der Waals surface area contributed by atoms with E-state index in [0.29, 0.717) is 17.0 Å². The Balaban J connectivity index is 1.73. The fourth-order valence-corrected chi connectivity index (χ4v) is 2.64. The molecule has 126 valence electrons. The average molecular weight is 354 g/mol. The molecule has 1 amide bonds. The molecule has 2 aromatic carbocycles. The van der Waals surface area contributed by atoms with Crippen LogP contribution in [0.3, 0.4) is 0 Å². The lowest BCUT2D eigenvalue weighted by Gasteiger charge is -2.04. The van der Waals surface area contributed by atoms with E-state index in [1.54, 1.807) is 36.0 Å². The van der Waals surface area contributed by atoms with E-state index in [-0.39, 0.29) is 17.4 Å². The Morgan fingerprint density at radius 3 is 2.32 bits per heavy atom. The van der Waals surface area contributed by atoms with Gasteiger partial charge in [0.2, 0.25) is 0 Å². The molecule has 0 saturated carbocycles. The number of nitrogens with zero attached hydrogens (tertiary/aromatic N) is 1. The molecular weight excluding hydrogens is 340 g/mol. The Bertz CT molecular complexity index is 902. The summed E-state index contributed by atoms with van der Waals surface area (Å²) in [5.74, 6) is 0.283. The Morgan fingerprint density at radius 1 is 1.04 bits per heavy atom. The van der Waals surface area contributed by atoms with Crippen molar-refractivity contribution in [2.24, 2.45) is 0 Å². The van der Waals surface area contributed by atoms with Gasteiger partial charge in [0.15, 0.2) is 5.76 Å². The van der Waals surface area contributed by atoms with E-state index in [2.05, 4.69) is 5.32 Å². The average Bonchev–Trinajstić information content (AvgIpc) is 3.13. The number of thioether (sulfide) groups is 1. The summed E-state index contributed by atoms with van der Waals surface area (Å²) >= 11 is 1.62. The van der Waals surface area contributed by atoms with Crippen LogP contribution in [-0.2, 0) is 0 Å². The van der Waals surface area contributed by atoms with Crippen molar-refractivity contribution in [2.75, 3.05) is 11.6 Å². The number of carbonyl (C=O) groups is 1. The third kappa shape index (κ3) is 3.89. The number of nitro benzene ring substituents is 1. The smallest absolute Gasteiger partial charge is 0.291 e. The minimum Gasteiger partial charge on any atom is -0.451 e. The molecule has 7 heteroatoms. The van der Waals surface area contributed by atoms with Gasteiger partial charge in [-0.2, -0.15) is 0 Å². The Kier molecular flexibility index (Phi) is 4.85. The number of hydrogen-bond acceptors (Lipinski definition) is 5. The summed E-state index contributed by atoms with van der Waals surface area (Å²) < 4.78 is 5.56. The van der Waals surface area contributed by atoms with Crippen molar-refractivity contribution in [3.8, 4) is 11.3 Å². The molecule has 3 aromatic rings. The van der Waals surface area contributed by atoms with E-state index in [4.69, 9.17) is 4.42 Å². The van der Waals surface area contributed by atoms with Crippen LogP contribution in [0.5, 0.6) is 0 Å². The molecule has 6 nitrogen and oxygen atoms in total. The monoisotopic (exact) mass is 354 g/mol. The number of benzene rings is 2. The summed E-state index contributed by atoms with van der Waals surface area (Å²) in [4.78, 5) is 23.6. The minimum absolute atomic E-state index is 0.00182. The highest BCUT2D eigenvalue weighted by Crippen LogP contribution is 2.25. The molecule has 0 spiro atoms. The molecule has 1 N–H and O–H groups in total. The van der Waals surface area contributed by atoms with Gasteiger partial charge in [0, 0.05) is 28.3 Å². The van der Waals surface area contributed by atoms with Gasteiger partial charge in [0.05, 0.1) is 4.92 Å². The molecule has 0 atom stereocenters. The number of hydrogen-bond donors (Lipinski definition) is 1. The number of anilines is 1. The normalized spacial score (nSPS) is 10.4. The second-order valence-electron chi connectivity index (χ2n) is 5.15. The van der Waals surface area contributed by atoms with Crippen LogP contribution in [0, 0.1) is 10.1 Å². The van der Waals surface area contributed by atoms with Crippen LogP contribution in [-0.4, -0.2) is 17.1 Å². The predicted octanol–water partition coefficient (Wildman–Crippen LogP) is 4.83. The van der Waals surface area contributed by atoms with Crippen molar-refractivity contribution in [2.45, 2.75) is 4.90 Å². The van der Waals surface area contributed by atoms with Crippen LogP contribution in [0.15, 0.2) is 70.0 Å². The van der Waals surface area contributed by atoms with Crippen LogP contribution in [0.1, 0.15) is 10.6 Å². The zero-order chi connectivity index (χ0) is 17.8. The van der Waals surface area contributed by atoms with Gasteiger partial charge in [-0.1, -0.05) is 0 Å². The van der Waals surface area contributed by atoms with Crippen LogP contribution < -0.4 is 5.32 Å². The fraction of sp³-hybridized carbons (Fsp3) is 0.0556. The number of nitrogens with one attached hydrogen (secondary N) is 1. The Morgan fingerprint density at radius 2 is 1.72 bits per heavy atom. The van der Waals surface area contributed by atoms with E-state index < -0.39 is 4.92 Å². The van der Waals surface area contributed by atoms with Crippen LogP contribution >= 0.6 is 11.8 Å². The highest BCUT2D eigenvalue weighted by atomic mass is 32.2. The molecular formula is C18H14N2O4S. The number of carbonyl (C=O) groups excluding carboxylic acids is 1. The number of non-ortho nitro benzene ring substituents is 1. The molecule has 0 fully saturated rings. The van der Waals surface area contributed by atoms with Crippen molar-refractivity contribution in [3.63, 3.8) is 0 Å². The molecule has 3 rings (SSSR count). The second-order valence-corrected chi connectivity index (χ2v) is 6.03. The third-order valence-electron chi connectivity index (χ3n) is 3.54. The summed E-state index contributed by atoms with van der Waals surface area (Å²) in [7, 11) is 0. The van der Waals surface area contributed by atoms with E-state index in [1.165, 1.54) is 12.1 Å². The maximum atomic E-state index is 12.3. The maximum absolute atomic E-state index is 12.3. The van der Waals surface area contributed by atoms with Gasteiger partial charge in [-0.25, -0.2) is 0 Å². The summed E-state index contributed by atoms with van der Waals surface area (Å²) in [6, 6.07) is 16.7. The molecule has 0 radical (unpaired) electrons. The topological polar surface area (TPSA) is 85.4 Å². The van der Waals surface area contributed by atoms with Crippen LogP contribution in [0.2, 0.25) is 0 Å². The SMILES string of the molecule is CSc1ccc(NC(=O)c2ccc(-c3ccc([N+](=O)[O-])cc3)o2)cc1. The summed E-state index contributed by atoms with van der Waals surface area (Å²) in [6.45, 7) is 0. The number of amides is 1. The van der Waals surface area contributed by atoms with Crippen molar-refractivity contribution in [3.05, 3.63) is 76.5 Å². The van der Waals surface area contributed by atoms with E-state index in [0.717, 1.165) is 4.90 Å². The molecule has 25 heavy (non-hydrogen) atoms. The molecule has 0 unspecified atom stereocenters. The predicted molar refractivity (Wildman–Crippen MR) is 97.0 cm³/mol. The zero-order valence-electron chi connectivity index (χ0n) is 13.3. The van der Waals surface area contributed by atoms with Gasteiger partial charge in [0.1, 0.15) is 5.76 Å². The molecule has 0 saturated heterocycles. The lowest BCUT2D eigenvalue weighted by molar-refractivity contribution is -0.384. The first-order valence-corrected chi connectivity index (χ1v) is 8.59. The molecule has 0 aliphatic heterocycles. The van der Waals surface area contributed by atoms with E-state index in [9.17, 15) is 14.9 Å². The number of nitro groups is 1. The summed E-state index contributed by atoms with van der Waals surface area (Å²) in [5.41, 5.74) is 1.34. The van der Waals surface area contributed by atoms with Gasteiger partial charge >= 0.3 is 0 Å². The minimum atomic E-state index is -0.465. The van der Waals surface area contributed by atoms with Gasteiger partial charge in [0.25, 0.3) is 11.6 Å². The first-order valence-electron chi connectivity index (χ1n) is 7.37. The first-order chi connectivity index (χ1) is 12.1. The summed E-state index contributed by atoms with van der Waals surface area (Å²) in [5, 5.41) is 13.5. The van der Waals surface area contributed by atoms with Crippen LogP contribution in [0.25, 0.3) is 11.3 Å². The molecule has 0 bridgehead atoms. The molecule has 0 aliphatic carbocycles. The maximum Gasteiger partial charge on any atom is 0.291 e. The Labute approximate surface area is 148 Å². The van der Waals surface area contributed by atoms with Crippen molar-refractivity contribution in [1.82, 2.24) is 0 Å². The van der Waals surface area contributed by atoms with Gasteiger partial charge < -0.3 is 9.73 Å². The summed E-state index contributed by atoms with van der Waals surface area (Å²) in [6.07, 6.45) is 1.98. The van der Waals surface area contributed by atoms with Crippen molar-refractivity contribution >= 4 is 29.0 Å². The largest absolute Gasteiger partial charge is 0.451 e. The lowest BCUT2D eigenvalue weighted by Crippen LogP contribution is -2.10. The van der Waals surface area contributed by atoms with Crippen molar-refractivity contribution in [1.29, 1.82) is 0 Å². The number of rotatable bonds is 5. The van der Waals surface area contributed by atoms with Crippen LogP contribution in [0.4, 0.5) is 11.4 Å². The molecule has 1 heterocycles.